The van der Waals surface area contributed by atoms with Gasteiger partial charge in [0, 0.05) is 30.9 Å². The molecule has 13 nitrogen and oxygen atoms in total. The predicted octanol–water partition coefficient (Wildman–Crippen LogP) is 2.65. The maximum atomic E-state index is 13.9. The number of likely N-dealkylation sites (N-methyl/N-ethyl adjacent to an activating group) is 2. The summed E-state index contributed by atoms with van der Waals surface area (Å²) in [5, 5.41) is 11.6. The zero-order chi connectivity index (χ0) is 30.0. The molecule has 0 aliphatic carbocycles. The minimum absolute atomic E-state index is 0.110. The highest BCUT2D eigenvalue weighted by Crippen LogP contribution is 2.25. The second kappa shape index (κ2) is 11.7. The third-order valence-corrected chi connectivity index (χ3v) is 7.07. The molecular weight excluding hydrogens is 556 g/mol. The highest BCUT2D eigenvalue weighted by atomic mass is 32.1. The van der Waals surface area contributed by atoms with E-state index >= 15 is 0 Å². The molecule has 0 bridgehead atoms. The van der Waals surface area contributed by atoms with Crippen LogP contribution in [0.2, 0.25) is 0 Å². The van der Waals surface area contributed by atoms with Crippen molar-refractivity contribution in [2.45, 2.75) is 6.92 Å². The van der Waals surface area contributed by atoms with Gasteiger partial charge in [-0.05, 0) is 63.5 Å². The highest BCUT2D eigenvalue weighted by molar-refractivity contribution is 7.15. The molecule has 3 aromatic heterocycles. The largest absolute Gasteiger partial charge is 0.382 e. The lowest BCUT2D eigenvalue weighted by atomic mass is 10.2. The van der Waals surface area contributed by atoms with Crippen LogP contribution in [0.5, 0.6) is 0 Å². The number of hydrogen-bond acceptors (Lipinski definition) is 10. The number of fused-ring (bicyclic) bond motifs is 1. The maximum absolute atomic E-state index is 13.9. The van der Waals surface area contributed by atoms with Crippen LogP contribution >= 0.6 is 11.3 Å². The van der Waals surface area contributed by atoms with Crippen molar-refractivity contribution < 1.29 is 9.59 Å². The number of imidazole rings is 1. The molecular formula is C28H28N10O3S. The van der Waals surface area contributed by atoms with Gasteiger partial charge in [0.05, 0.1) is 11.4 Å². The minimum atomic E-state index is -0.448. The summed E-state index contributed by atoms with van der Waals surface area (Å²) in [6.07, 6.45) is 4.58. The first-order chi connectivity index (χ1) is 20.1. The third-order valence-electron chi connectivity index (χ3n) is 6.32. The van der Waals surface area contributed by atoms with Crippen LogP contribution in [0.4, 0.5) is 16.6 Å². The van der Waals surface area contributed by atoms with Crippen molar-refractivity contribution >= 4 is 51.0 Å². The van der Waals surface area contributed by atoms with E-state index in [4.69, 9.17) is 5.73 Å². The summed E-state index contributed by atoms with van der Waals surface area (Å²) in [6, 6.07) is 13.5. The van der Waals surface area contributed by atoms with E-state index in [0.717, 1.165) is 5.01 Å². The van der Waals surface area contributed by atoms with Crippen LogP contribution in [-0.4, -0.2) is 73.7 Å². The molecule has 5 rings (SSSR count). The Bertz CT molecular complexity index is 1870. The van der Waals surface area contributed by atoms with E-state index in [0.29, 0.717) is 39.8 Å². The molecule has 42 heavy (non-hydrogen) atoms. The first kappa shape index (κ1) is 28.3. The number of aryl methyl sites for hydroxylation is 1. The molecule has 214 valence electrons. The second-order valence-corrected chi connectivity index (χ2v) is 10.8. The van der Waals surface area contributed by atoms with Gasteiger partial charge >= 0.3 is 5.69 Å². The van der Waals surface area contributed by atoms with Crippen molar-refractivity contribution in [2.75, 3.05) is 43.6 Å². The number of hydrogen-bond donors (Lipinski definition) is 2. The van der Waals surface area contributed by atoms with Gasteiger partial charge in [0.25, 0.3) is 5.91 Å². The van der Waals surface area contributed by atoms with Crippen molar-refractivity contribution in [3.8, 4) is 11.4 Å². The summed E-state index contributed by atoms with van der Waals surface area (Å²) >= 11 is 1.27. The Balaban J connectivity index is 1.52. The van der Waals surface area contributed by atoms with Gasteiger partial charge in [0.1, 0.15) is 16.9 Å². The third kappa shape index (κ3) is 5.66. The normalized spacial score (nSPS) is 11.5. The van der Waals surface area contributed by atoms with Gasteiger partial charge in [-0.15, -0.1) is 10.2 Å². The predicted molar refractivity (Wildman–Crippen MR) is 163 cm³/mol. The molecule has 5 aromatic rings. The van der Waals surface area contributed by atoms with E-state index in [1.807, 2.05) is 19.0 Å². The van der Waals surface area contributed by atoms with Crippen LogP contribution in [0.15, 0.2) is 71.8 Å². The summed E-state index contributed by atoms with van der Waals surface area (Å²) in [7, 11) is 5.50. The van der Waals surface area contributed by atoms with E-state index in [1.165, 1.54) is 37.8 Å². The zero-order valence-corrected chi connectivity index (χ0v) is 24.2. The molecule has 0 atom stereocenters. The number of rotatable bonds is 8. The number of carbonyl (C=O) groups is 2. The van der Waals surface area contributed by atoms with E-state index in [1.54, 1.807) is 68.6 Å². The van der Waals surface area contributed by atoms with E-state index < -0.39 is 5.69 Å². The fourth-order valence-corrected chi connectivity index (χ4v) is 4.83. The standard InChI is InChI=1S/C28H28N10O3S/c1-17-33-34-27(42-17)32-26(40)18-10-12-19(13-11-18)37-23-24(29)30-16-31-25(23)38(28(37)41)21-8-5-7-20(15-21)36(4)22(39)9-6-14-35(2)3/h5-13,15-16H,14H2,1-4H3,(H2,29,30,31)(H,32,34,40). The molecule has 0 fully saturated rings. The maximum Gasteiger partial charge on any atom is 0.339 e. The van der Waals surface area contributed by atoms with Crippen molar-refractivity contribution in [1.82, 2.24) is 34.2 Å². The number of carbonyl (C=O) groups excluding carboxylic acids is 2. The van der Waals surface area contributed by atoms with Crippen LogP contribution in [0.3, 0.4) is 0 Å². The summed E-state index contributed by atoms with van der Waals surface area (Å²) < 4.78 is 2.81. The van der Waals surface area contributed by atoms with Crippen molar-refractivity contribution in [2.24, 2.45) is 0 Å². The van der Waals surface area contributed by atoms with Gasteiger partial charge in [-0.3, -0.25) is 19.5 Å². The van der Waals surface area contributed by atoms with Crippen LogP contribution in [0.25, 0.3) is 22.5 Å². The molecule has 14 heteroatoms. The van der Waals surface area contributed by atoms with Gasteiger partial charge in [-0.2, -0.15) is 0 Å². The van der Waals surface area contributed by atoms with E-state index in [-0.39, 0.29) is 23.3 Å². The van der Waals surface area contributed by atoms with Crippen LogP contribution in [0.1, 0.15) is 15.4 Å². The number of nitrogens with zero attached hydrogens (tertiary/aromatic N) is 8. The average molecular weight is 585 g/mol. The summed E-state index contributed by atoms with van der Waals surface area (Å²) in [6.45, 7) is 2.43. The van der Waals surface area contributed by atoms with Crippen LogP contribution in [0, 0.1) is 6.92 Å². The molecule has 0 radical (unpaired) electrons. The van der Waals surface area contributed by atoms with Gasteiger partial charge in [0.2, 0.25) is 11.0 Å². The summed E-state index contributed by atoms with van der Waals surface area (Å²) in [5.74, 6) is -0.457. The molecule has 0 spiro atoms. The molecule has 0 unspecified atom stereocenters. The quantitative estimate of drug-likeness (QED) is 0.262. The number of benzene rings is 2. The fourth-order valence-electron chi connectivity index (χ4n) is 4.24. The van der Waals surface area contributed by atoms with Crippen LogP contribution < -0.4 is 21.6 Å². The number of amides is 2. The van der Waals surface area contributed by atoms with E-state index in [2.05, 4.69) is 25.5 Å². The molecule has 0 aliphatic rings. The monoisotopic (exact) mass is 584 g/mol. The smallest absolute Gasteiger partial charge is 0.339 e. The van der Waals surface area contributed by atoms with Gasteiger partial charge in [0.15, 0.2) is 11.5 Å². The number of aromatic nitrogens is 6. The Labute approximate surface area is 244 Å². The molecule has 3 N–H and O–H groups in total. The number of anilines is 3. The lowest BCUT2D eigenvalue weighted by Crippen LogP contribution is -2.25. The molecule has 0 saturated heterocycles. The van der Waals surface area contributed by atoms with Crippen LogP contribution in [-0.2, 0) is 4.79 Å². The Hall–Kier alpha value is -5.21. The Morgan fingerprint density at radius 2 is 1.79 bits per heavy atom. The van der Waals surface area contributed by atoms with E-state index in [9.17, 15) is 14.4 Å². The molecule has 3 heterocycles. The highest BCUT2D eigenvalue weighted by Gasteiger charge is 2.21. The minimum Gasteiger partial charge on any atom is -0.382 e. The molecule has 2 amide bonds. The summed E-state index contributed by atoms with van der Waals surface area (Å²) in [4.78, 5) is 51.3. The van der Waals surface area contributed by atoms with Crippen molar-refractivity contribution in [1.29, 1.82) is 0 Å². The number of nitrogens with two attached hydrogens (primary N) is 1. The molecule has 0 aliphatic heterocycles. The van der Waals surface area contributed by atoms with Gasteiger partial charge in [-0.1, -0.05) is 23.5 Å². The Kier molecular flexibility index (Phi) is 7.91. The Morgan fingerprint density at radius 3 is 2.48 bits per heavy atom. The topological polar surface area (TPSA) is 157 Å². The zero-order valence-electron chi connectivity index (χ0n) is 23.3. The number of nitrogen functional groups attached to an aromatic ring is 1. The Morgan fingerprint density at radius 1 is 1.02 bits per heavy atom. The number of nitrogens with one attached hydrogen (secondary N) is 1. The SMILES string of the molecule is Cc1nnc(NC(=O)c2ccc(-n3c(=O)n(-c4cccc(N(C)C(=O)C=CCN(C)C)c4)c4ncnc(N)c43)cc2)s1. The lowest BCUT2D eigenvalue weighted by molar-refractivity contribution is -0.113. The first-order valence-corrected chi connectivity index (χ1v) is 13.6. The second-order valence-electron chi connectivity index (χ2n) is 9.59. The van der Waals surface area contributed by atoms with Crippen molar-refractivity contribution in [3.05, 3.63) is 88.1 Å². The molecule has 2 aromatic carbocycles. The van der Waals surface area contributed by atoms with Crippen molar-refractivity contribution in [3.63, 3.8) is 0 Å². The first-order valence-electron chi connectivity index (χ1n) is 12.8. The fraction of sp³-hybridized carbons (Fsp3) is 0.179. The summed E-state index contributed by atoms with van der Waals surface area (Å²) in [5.41, 5.74) is 8.30. The van der Waals surface area contributed by atoms with Gasteiger partial charge in [-0.25, -0.2) is 19.3 Å². The molecule has 0 saturated carbocycles. The van der Waals surface area contributed by atoms with Gasteiger partial charge < -0.3 is 15.5 Å². The average Bonchev–Trinajstić information content (AvgIpc) is 3.52. The lowest BCUT2D eigenvalue weighted by Gasteiger charge is -2.16.